The molecule has 2 aromatic carbocycles. The fourth-order valence-corrected chi connectivity index (χ4v) is 3.28. The zero-order chi connectivity index (χ0) is 18.7. The minimum absolute atomic E-state index is 0.249. The highest BCUT2D eigenvalue weighted by Crippen LogP contribution is 2.47. The monoisotopic (exact) mass is 340 g/mol. The molecule has 1 unspecified atom stereocenters. The van der Waals surface area contributed by atoms with E-state index in [0.29, 0.717) is 11.1 Å². The normalized spacial score (nSPS) is 21.0. The summed E-state index contributed by atoms with van der Waals surface area (Å²) in [6.45, 7) is 0. The van der Waals surface area contributed by atoms with Crippen molar-refractivity contribution in [1.82, 2.24) is 0 Å². The van der Waals surface area contributed by atoms with Crippen LogP contribution in [-0.2, 0) is 0 Å². The summed E-state index contributed by atoms with van der Waals surface area (Å²) in [5, 5.41) is 37.6. The first-order valence-electron chi connectivity index (χ1n) is 7.91. The Labute approximate surface area is 150 Å². The Balaban J connectivity index is 2.28. The molecule has 2 aromatic rings. The van der Waals surface area contributed by atoms with Crippen LogP contribution in [0.3, 0.4) is 0 Å². The molecule has 124 valence electrons. The molecule has 4 nitrogen and oxygen atoms in total. The van der Waals surface area contributed by atoms with Gasteiger partial charge in [-0.05, 0) is 28.8 Å². The van der Waals surface area contributed by atoms with Gasteiger partial charge in [-0.15, -0.1) is 0 Å². The molecule has 0 heterocycles. The molecule has 0 aromatic heterocycles. The van der Waals surface area contributed by atoms with Gasteiger partial charge in [0.2, 0.25) is 0 Å². The fourth-order valence-electron chi connectivity index (χ4n) is 3.28. The number of nitriles is 3. The summed E-state index contributed by atoms with van der Waals surface area (Å²) in [4.78, 5) is 0. The third-order valence-corrected chi connectivity index (χ3v) is 4.66. The number of halogens is 1. The van der Waals surface area contributed by atoms with Crippen LogP contribution in [0.25, 0.3) is 5.57 Å². The van der Waals surface area contributed by atoms with Crippen LogP contribution in [0.2, 0.25) is 0 Å². The third-order valence-electron chi connectivity index (χ3n) is 4.66. The van der Waals surface area contributed by atoms with Crippen LogP contribution in [0, 0.1) is 56.6 Å². The summed E-state index contributed by atoms with van der Waals surface area (Å²) in [5.74, 6) is -2.19. The van der Waals surface area contributed by atoms with Crippen molar-refractivity contribution < 1.29 is 4.39 Å². The maximum Gasteiger partial charge on any atom is 0.192 e. The van der Waals surface area contributed by atoms with E-state index in [2.05, 4.69) is 6.07 Å². The molecule has 0 saturated heterocycles. The van der Waals surface area contributed by atoms with Gasteiger partial charge in [0, 0.05) is 5.92 Å². The fraction of sp³-hybridized carbons (Fsp3) is 0.143. The lowest BCUT2D eigenvalue weighted by molar-refractivity contribution is 0.585. The van der Waals surface area contributed by atoms with Crippen molar-refractivity contribution in [3.05, 3.63) is 77.6 Å². The topological polar surface area (TPSA) is 95.2 Å². The molecular weight excluding hydrogens is 327 g/mol. The molecule has 0 amide bonds. The molecule has 1 aliphatic rings. The lowest BCUT2D eigenvalue weighted by atomic mass is 9.61. The average Bonchev–Trinajstić information content (AvgIpc) is 2.69. The number of benzene rings is 2. The molecule has 0 radical (unpaired) electrons. The van der Waals surface area contributed by atoms with E-state index in [-0.39, 0.29) is 5.71 Å². The Morgan fingerprint density at radius 3 is 2.08 bits per heavy atom. The molecule has 5 heteroatoms. The van der Waals surface area contributed by atoms with Gasteiger partial charge < -0.3 is 5.41 Å². The molecule has 3 rings (SSSR count). The number of rotatable bonds is 2. The Hall–Kier alpha value is -3.75. The molecule has 0 spiro atoms. The summed E-state index contributed by atoms with van der Waals surface area (Å²) in [6, 6.07) is 20.6. The molecule has 0 bridgehead atoms. The predicted octanol–water partition coefficient (Wildman–Crippen LogP) is 4.20. The number of hydrogen-bond donors (Lipinski definition) is 1. The highest BCUT2D eigenvalue weighted by Gasteiger charge is 2.51. The maximum atomic E-state index is 13.3. The van der Waals surface area contributed by atoms with Gasteiger partial charge in [0.15, 0.2) is 5.41 Å². The first-order valence-corrected chi connectivity index (χ1v) is 7.91. The second-order valence-electron chi connectivity index (χ2n) is 6.02. The van der Waals surface area contributed by atoms with E-state index in [9.17, 15) is 20.2 Å². The van der Waals surface area contributed by atoms with Crippen LogP contribution in [0.5, 0.6) is 0 Å². The van der Waals surface area contributed by atoms with E-state index in [1.165, 1.54) is 24.3 Å². The zero-order valence-electron chi connectivity index (χ0n) is 13.6. The summed E-state index contributed by atoms with van der Waals surface area (Å²) in [6.07, 6.45) is 1.70. The van der Waals surface area contributed by atoms with E-state index in [1.807, 2.05) is 42.5 Å². The molecule has 0 saturated carbocycles. The summed E-state index contributed by atoms with van der Waals surface area (Å²) < 4.78 is 13.3. The third kappa shape index (κ3) is 2.55. The molecule has 0 fully saturated rings. The van der Waals surface area contributed by atoms with Crippen molar-refractivity contribution in [3.63, 3.8) is 0 Å². The Bertz CT molecular complexity index is 987. The van der Waals surface area contributed by atoms with Gasteiger partial charge in [0.1, 0.15) is 11.7 Å². The van der Waals surface area contributed by atoms with Gasteiger partial charge in [-0.25, -0.2) is 4.39 Å². The standard InChI is InChI=1S/C21H13FN4/c22-16-8-6-15(7-9-16)19-10-17(14-4-2-1-3-5-14)18(11-23)20(26)21(19,12-24)13-25/h1-10,18-19,26H/t18?,19-/m0/s1. The van der Waals surface area contributed by atoms with Gasteiger partial charge in [-0.1, -0.05) is 48.5 Å². The first kappa shape index (κ1) is 17.1. The van der Waals surface area contributed by atoms with Crippen molar-refractivity contribution in [1.29, 1.82) is 21.2 Å². The van der Waals surface area contributed by atoms with E-state index in [0.717, 1.165) is 5.56 Å². The maximum absolute atomic E-state index is 13.3. The summed E-state index contributed by atoms with van der Waals surface area (Å²) in [7, 11) is 0. The molecular formula is C21H13FN4. The largest absolute Gasteiger partial charge is 0.305 e. The van der Waals surface area contributed by atoms with Crippen LogP contribution in [0.4, 0.5) is 4.39 Å². The average molecular weight is 340 g/mol. The number of nitrogens with zero attached hydrogens (tertiary/aromatic N) is 3. The number of hydrogen-bond acceptors (Lipinski definition) is 4. The lowest BCUT2D eigenvalue weighted by Crippen LogP contribution is -2.41. The summed E-state index contributed by atoms with van der Waals surface area (Å²) in [5.41, 5.74) is -0.185. The van der Waals surface area contributed by atoms with Gasteiger partial charge in [0.25, 0.3) is 0 Å². The zero-order valence-corrected chi connectivity index (χ0v) is 13.6. The Kier molecular flexibility index (Phi) is 4.36. The van der Waals surface area contributed by atoms with Crippen LogP contribution in [0.15, 0.2) is 60.7 Å². The van der Waals surface area contributed by atoms with Crippen LogP contribution >= 0.6 is 0 Å². The van der Waals surface area contributed by atoms with E-state index >= 15 is 0 Å². The van der Waals surface area contributed by atoms with Gasteiger partial charge in [-0.3, -0.25) is 0 Å². The van der Waals surface area contributed by atoms with Gasteiger partial charge in [-0.2, -0.15) is 15.8 Å². The molecule has 1 aliphatic carbocycles. The van der Waals surface area contributed by atoms with Gasteiger partial charge >= 0.3 is 0 Å². The molecule has 26 heavy (non-hydrogen) atoms. The van der Waals surface area contributed by atoms with Crippen molar-refractivity contribution in [2.45, 2.75) is 5.92 Å². The number of nitrogens with one attached hydrogen (secondary N) is 1. The molecule has 0 aliphatic heterocycles. The summed E-state index contributed by atoms with van der Waals surface area (Å²) >= 11 is 0. The van der Waals surface area contributed by atoms with E-state index in [4.69, 9.17) is 5.41 Å². The van der Waals surface area contributed by atoms with Crippen molar-refractivity contribution >= 4 is 11.3 Å². The van der Waals surface area contributed by atoms with Crippen molar-refractivity contribution in [3.8, 4) is 18.2 Å². The van der Waals surface area contributed by atoms with Crippen molar-refractivity contribution in [2.24, 2.45) is 11.3 Å². The highest BCUT2D eigenvalue weighted by molar-refractivity contribution is 6.07. The quantitative estimate of drug-likeness (QED) is 0.887. The smallest absolute Gasteiger partial charge is 0.192 e. The highest BCUT2D eigenvalue weighted by atomic mass is 19.1. The first-order chi connectivity index (χ1) is 12.6. The van der Waals surface area contributed by atoms with Gasteiger partial charge in [0.05, 0.1) is 23.9 Å². The second-order valence-corrected chi connectivity index (χ2v) is 6.02. The SMILES string of the molecule is N#CC1C(=N)C(C#N)(C#N)[C@H](c2ccc(F)cc2)C=C1c1ccccc1. The minimum atomic E-state index is -1.81. The molecule has 1 N–H and O–H groups in total. The van der Waals surface area contributed by atoms with Crippen LogP contribution < -0.4 is 0 Å². The number of allylic oxidation sites excluding steroid dienone is 2. The second kappa shape index (κ2) is 6.63. The predicted molar refractivity (Wildman–Crippen MR) is 94.0 cm³/mol. The van der Waals surface area contributed by atoms with Crippen LogP contribution in [-0.4, -0.2) is 5.71 Å². The minimum Gasteiger partial charge on any atom is -0.305 e. The Morgan fingerprint density at radius 2 is 1.54 bits per heavy atom. The Morgan fingerprint density at radius 1 is 0.923 bits per heavy atom. The van der Waals surface area contributed by atoms with E-state index in [1.54, 1.807) is 6.08 Å². The lowest BCUT2D eigenvalue weighted by Gasteiger charge is -2.36. The van der Waals surface area contributed by atoms with E-state index < -0.39 is 23.1 Å². The van der Waals surface area contributed by atoms with Crippen LogP contribution in [0.1, 0.15) is 17.0 Å². The molecule has 2 atom stereocenters. The van der Waals surface area contributed by atoms with Crippen molar-refractivity contribution in [2.75, 3.05) is 0 Å².